The quantitative estimate of drug-likeness (QED) is 0.781. The molecule has 1 aliphatic rings. The van der Waals surface area contributed by atoms with Crippen molar-refractivity contribution in [3.8, 4) is 0 Å². The van der Waals surface area contributed by atoms with E-state index in [0.29, 0.717) is 30.5 Å². The van der Waals surface area contributed by atoms with Crippen molar-refractivity contribution < 1.29 is 12.9 Å². The van der Waals surface area contributed by atoms with E-state index in [1.165, 1.54) is 4.31 Å². The van der Waals surface area contributed by atoms with Crippen LogP contribution in [0.25, 0.3) is 0 Å². The van der Waals surface area contributed by atoms with Crippen LogP contribution in [0.5, 0.6) is 0 Å². The third kappa shape index (κ3) is 2.29. The Hall–Kier alpha value is -0.590. The summed E-state index contributed by atoms with van der Waals surface area (Å²) in [5, 5.41) is 3.55. The molecule has 5 nitrogen and oxygen atoms in total. The highest BCUT2D eigenvalue weighted by atomic mass is 35.5. The first-order valence-electron chi connectivity index (χ1n) is 5.91. The van der Waals surface area contributed by atoms with E-state index >= 15 is 0 Å². The van der Waals surface area contributed by atoms with Gasteiger partial charge in [-0.25, -0.2) is 8.42 Å². The summed E-state index contributed by atoms with van der Waals surface area (Å²) < 4.78 is 31.4. The predicted molar refractivity (Wildman–Crippen MR) is 68.2 cm³/mol. The lowest BCUT2D eigenvalue weighted by Gasteiger charge is -2.32. The highest BCUT2D eigenvalue weighted by molar-refractivity contribution is 7.89. The van der Waals surface area contributed by atoms with Gasteiger partial charge in [-0.3, -0.25) is 0 Å². The molecule has 1 aliphatic heterocycles. The Morgan fingerprint density at radius 2 is 2.11 bits per heavy atom. The molecule has 0 amide bonds. The Morgan fingerprint density at radius 3 is 2.61 bits per heavy atom. The van der Waals surface area contributed by atoms with Crippen molar-refractivity contribution in [3.05, 3.63) is 11.5 Å². The number of hydrogen-bond acceptors (Lipinski definition) is 4. The summed E-state index contributed by atoms with van der Waals surface area (Å²) in [5.74, 6) is 0.667. The van der Waals surface area contributed by atoms with E-state index in [9.17, 15) is 8.42 Å². The van der Waals surface area contributed by atoms with Crippen molar-refractivity contribution in [1.29, 1.82) is 0 Å². The molecule has 0 N–H and O–H groups in total. The van der Waals surface area contributed by atoms with Gasteiger partial charge < -0.3 is 4.52 Å². The van der Waals surface area contributed by atoms with E-state index in [2.05, 4.69) is 5.16 Å². The highest BCUT2D eigenvalue weighted by Crippen LogP contribution is 2.29. The van der Waals surface area contributed by atoms with Crippen LogP contribution in [0.15, 0.2) is 9.42 Å². The van der Waals surface area contributed by atoms with Gasteiger partial charge in [0.25, 0.3) is 0 Å². The SMILES string of the molecule is Cc1noc(C)c1S(=O)(=O)N1CCC(C)C(Cl)C1. The average Bonchev–Trinajstić information content (AvgIpc) is 2.62. The zero-order chi connectivity index (χ0) is 13.5. The fourth-order valence-electron chi connectivity index (χ4n) is 2.18. The van der Waals surface area contributed by atoms with Crippen LogP contribution in [0.1, 0.15) is 24.8 Å². The van der Waals surface area contributed by atoms with Gasteiger partial charge in [0.1, 0.15) is 10.6 Å². The van der Waals surface area contributed by atoms with Crippen molar-refractivity contribution in [2.45, 2.75) is 37.5 Å². The number of piperidine rings is 1. The maximum Gasteiger partial charge on any atom is 0.248 e. The summed E-state index contributed by atoms with van der Waals surface area (Å²) in [4.78, 5) is 0.181. The molecule has 0 spiro atoms. The second-order valence-electron chi connectivity index (χ2n) is 4.80. The number of halogens is 1. The lowest BCUT2D eigenvalue weighted by Crippen LogP contribution is -2.43. The molecule has 102 valence electrons. The number of nitrogens with zero attached hydrogens (tertiary/aromatic N) is 2. The summed E-state index contributed by atoms with van der Waals surface area (Å²) >= 11 is 6.16. The number of hydrogen-bond donors (Lipinski definition) is 0. The number of aromatic nitrogens is 1. The van der Waals surface area contributed by atoms with Crippen molar-refractivity contribution in [1.82, 2.24) is 9.46 Å². The zero-order valence-corrected chi connectivity index (χ0v) is 12.3. The van der Waals surface area contributed by atoms with Gasteiger partial charge in [0.15, 0.2) is 5.76 Å². The van der Waals surface area contributed by atoms with Crippen LogP contribution in [0.3, 0.4) is 0 Å². The van der Waals surface area contributed by atoms with E-state index in [1.807, 2.05) is 6.92 Å². The van der Waals surface area contributed by atoms with Crippen molar-refractivity contribution >= 4 is 21.6 Å². The maximum absolute atomic E-state index is 12.5. The molecule has 1 saturated heterocycles. The van der Waals surface area contributed by atoms with Crippen LogP contribution in [0, 0.1) is 19.8 Å². The number of sulfonamides is 1. The minimum absolute atomic E-state index is 0.144. The largest absolute Gasteiger partial charge is 0.360 e. The van der Waals surface area contributed by atoms with Gasteiger partial charge in [0, 0.05) is 18.5 Å². The second-order valence-corrected chi connectivity index (χ2v) is 7.23. The Labute approximate surface area is 112 Å². The van der Waals surface area contributed by atoms with Crippen LogP contribution >= 0.6 is 11.6 Å². The van der Waals surface area contributed by atoms with Crippen LogP contribution in [-0.2, 0) is 10.0 Å². The van der Waals surface area contributed by atoms with Gasteiger partial charge in [-0.2, -0.15) is 4.31 Å². The van der Waals surface area contributed by atoms with Crippen LogP contribution in [0.4, 0.5) is 0 Å². The number of alkyl halides is 1. The first-order chi connectivity index (χ1) is 8.34. The summed E-state index contributed by atoms with van der Waals surface area (Å²) in [5.41, 5.74) is 0.400. The third-order valence-corrected chi connectivity index (χ3v) is 6.07. The van der Waals surface area contributed by atoms with Gasteiger partial charge in [-0.15, -0.1) is 11.6 Å². The molecule has 0 aromatic carbocycles. The van der Waals surface area contributed by atoms with Gasteiger partial charge in [-0.05, 0) is 26.2 Å². The average molecular weight is 293 g/mol. The second kappa shape index (κ2) is 4.83. The van der Waals surface area contributed by atoms with E-state index in [-0.39, 0.29) is 10.3 Å². The van der Waals surface area contributed by atoms with Gasteiger partial charge in [0.05, 0.1) is 0 Å². The molecule has 1 fully saturated rings. The Kier molecular flexibility index (Phi) is 3.71. The first kappa shape index (κ1) is 13.8. The van der Waals surface area contributed by atoms with E-state index in [4.69, 9.17) is 16.1 Å². The monoisotopic (exact) mass is 292 g/mol. The Morgan fingerprint density at radius 1 is 1.44 bits per heavy atom. The minimum Gasteiger partial charge on any atom is -0.360 e. The number of aryl methyl sites for hydroxylation is 2. The van der Waals surface area contributed by atoms with E-state index in [1.54, 1.807) is 13.8 Å². The molecule has 2 unspecified atom stereocenters. The fraction of sp³-hybridized carbons (Fsp3) is 0.727. The summed E-state index contributed by atoms with van der Waals surface area (Å²) in [6.45, 7) is 6.12. The minimum atomic E-state index is -3.54. The smallest absolute Gasteiger partial charge is 0.248 e. The topological polar surface area (TPSA) is 63.4 Å². The van der Waals surface area contributed by atoms with Gasteiger partial charge in [-0.1, -0.05) is 12.1 Å². The molecule has 2 rings (SSSR count). The first-order valence-corrected chi connectivity index (χ1v) is 7.78. The molecule has 18 heavy (non-hydrogen) atoms. The number of rotatable bonds is 2. The molecule has 2 atom stereocenters. The van der Waals surface area contributed by atoms with E-state index < -0.39 is 10.0 Å². The normalized spacial score (nSPS) is 26.4. The standard InChI is InChI=1S/C11H17ClN2O3S/c1-7-4-5-14(6-10(7)12)18(15,16)11-8(2)13-17-9(11)3/h7,10H,4-6H2,1-3H3. The summed E-state index contributed by atoms with van der Waals surface area (Å²) in [6, 6.07) is 0. The van der Waals surface area contributed by atoms with Crippen molar-refractivity contribution in [3.63, 3.8) is 0 Å². The zero-order valence-electron chi connectivity index (χ0n) is 10.7. The molecule has 1 aromatic rings. The lowest BCUT2D eigenvalue weighted by molar-refractivity contribution is 0.292. The molecule has 7 heteroatoms. The molecule has 0 aliphatic carbocycles. The fourth-order valence-corrected chi connectivity index (χ4v) is 4.33. The van der Waals surface area contributed by atoms with Crippen LogP contribution in [-0.4, -0.2) is 36.3 Å². The van der Waals surface area contributed by atoms with Crippen molar-refractivity contribution in [2.24, 2.45) is 5.92 Å². The molecular formula is C11H17ClN2O3S. The molecule has 0 saturated carbocycles. The van der Waals surface area contributed by atoms with Crippen molar-refractivity contribution in [2.75, 3.05) is 13.1 Å². The summed E-state index contributed by atoms with van der Waals surface area (Å²) in [7, 11) is -3.54. The Bertz CT molecular complexity index is 521. The van der Waals surface area contributed by atoms with Crippen LogP contribution < -0.4 is 0 Å². The molecule has 2 heterocycles. The third-order valence-electron chi connectivity index (χ3n) is 3.40. The molecule has 1 aromatic heterocycles. The molecular weight excluding hydrogens is 276 g/mol. The van der Waals surface area contributed by atoms with Gasteiger partial charge >= 0.3 is 0 Å². The highest BCUT2D eigenvalue weighted by Gasteiger charge is 2.36. The summed E-state index contributed by atoms with van der Waals surface area (Å²) in [6.07, 6.45) is 0.775. The van der Waals surface area contributed by atoms with Crippen LogP contribution in [0.2, 0.25) is 0 Å². The predicted octanol–water partition coefficient (Wildman–Crippen LogP) is 1.93. The van der Waals surface area contributed by atoms with Gasteiger partial charge in [0.2, 0.25) is 10.0 Å². The molecule has 0 bridgehead atoms. The molecule has 0 radical (unpaired) electrons. The maximum atomic E-state index is 12.5. The van der Waals surface area contributed by atoms with E-state index in [0.717, 1.165) is 6.42 Å². The lowest BCUT2D eigenvalue weighted by atomic mass is 10.0. The Balaban J connectivity index is 2.33.